The molecule has 0 aromatic heterocycles. The summed E-state index contributed by atoms with van der Waals surface area (Å²) in [7, 11) is 0. The Balaban J connectivity index is 2.26. The SMILES string of the molecule is [O]CCCN(CCO)C1CCOC1. The van der Waals surface area contributed by atoms with Crippen LogP contribution in [-0.2, 0) is 9.84 Å². The fraction of sp³-hybridized carbons (Fsp3) is 1.00. The van der Waals surface area contributed by atoms with Gasteiger partial charge in [-0.3, -0.25) is 4.90 Å². The first kappa shape index (κ1) is 10.9. The van der Waals surface area contributed by atoms with E-state index in [9.17, 15) is 5.11 Å². The second kappa shape index (κ2) is 6.32. The molecule has 0 aromatic rings. The Kier molecular flexibility index (Phi) is 5.31. The molecule has 0 aliphatic carbocycles. The molecular formula is C9H18NO3. The minimum atomic E-state index is -0.0322. The van der Waals surface area contributed by atoms with Gasteiger partial charge in [0.15, 0.2) is 0 Å². The normalized spacial score (nSPS) is 22.8. The summed E-state index contributed by atoms with van der Waals surface area (Å²) in [5.74, 6) is 0. The smallest absolute Gasteiger partial charge is 0.0834 e. The van der Waals surface area contributed by atoms with Crippen molar-refractivity contribution in [2.24, 2.45) is 0 Å². The van der Waals surface area contributed by atoms with E-state index < -0.39 is 0 Å². The minimum absolute atomic E-state index is 0.0322. The van der Waals surface area contributed by atoms with E-state index in [1.54, 1.807) is 0 Å². The van der Waals surface area contributed by atoms with E-state index in [-0.39, 0.29) is 13.2 Å². The van der Waals surface area contributed by atoms with Crippen molar-refractivity contribution < 1.29 is 14.9 Å². The van der Waals surface area contributed by atoms with Crippen LogP contribution in [0.1, 0.15) is 12.8 Å². The van der Waals surface area contributed by atoms with Gasteiger partial charge in [-0.1, -0.05) is 0 Å². The van der Waals surface area contributed by atoms with Crippen molar-refractivity contribution in [3.05, 3.63) is 0 Å². The maximum atomic E-state index is 10.3. The molecule has 4 nitrogen and oxygen atoms in total. The number of nitrogens with zero attached hydrogens (tertiary/aromatic N) is 1. The van der Waals surface area contributed by atoms with Gasteiger partial charge in [-0.15, -0.1) is 0 Å². The topological polar surface area (TPSA) is 52.6 Å². The molecule has 1 atom stereocenters. The highest BCUT2D eigenvalue weighted by atomic mass is 16.5. The van der Waals surface area contributed by atoms with Gasteiger partial charge in [-0.25, -0.2) is 5.11 Å². The molecule has 1 saturated heterocycles. The van der Waals surface area contributed by atoms with Crippen LogP contribution in [0.5, 0.6) is 0 Å². The van der Waals surface area contributed by atoms with Gasteiger partial charge in [0.25, 0.3) is 0 Å². The van der Waals surface area contributed by atoms with Gasteiger partial charge in [0.1, 0.15) is 0 Å². The maximum absolute atomic E-state index is 10.3. The lowest BCUT2D eigenvalue weighted by atomic mass is 10.2. The largest absolute Gasteiger partial charge is 0.395 e. The molecule has 1 radical (unpaired) electrons. The van der Waals surface area contributed by atoms with Crippen LogP contribution in [0.15, 0.2) is 0 Å². The zero-order chi connectivity index (χ0) is 9.52. The van der Waals surface area contributed by atoms with E-state index in [1.165, 1.54) is 0 Å². The Labute approximate surface area is 79.1 Å². The average Bonchev–Trinajstić information content (AvgIpc) is 2.65. The average molecular weight is 188 g/mol. The first-order chi connectivity index (χ1) is 6.38. The van der Waals surface area contributed by atoms with Crippen LogP contribution in [0, 0.1) is 0 Å². The molecule has 77 valence electrons. The standard InChI is InChI=1S/C9H18NO3/c11-5-1-3-10(4-6-12)9-2-7-13-8-9/h9,12H,1-8H2. The van der Waals surface area contributed by atoms with Crippen LogP contribution in [0.2, 0.25) is 0 Å². The van der Waals surface area contributed by atoms with Crippen LogP contribution >= 0.6 is 0 Å². The number of hydrogen-bond acceptors (Lipinski definition) is 3. The molecule has 1 unspecified atom stereocenters. The molecule has 1 N–H and O–H groups in total. The van der Waals surface area contributed by atoms with Crippen LogP contribution in [0.4, 0.5) is 0 Å². The van der Waals surface area contributed by atoms with Crippen LogP contribution < -0.4 is 0 Å². The van der Waals surface area contributed by atoms with E-state index in [0.717, 1.165) is 26.2 Å². The summed E-state index contributed by atoms with van der Waals surface area (Å²) in [6, 6.07) is 0.415. The van der Waals surface area contributed by atoms with E-state index in [1.807, 2.05) is 0 Å². The number of ether oxygens (including phenoxy) is 1. The molecule has 0 spiro atoms. The zero-order valence-corrected chi connectivity index (χ0v) is 7.95. The molecular weight excluding hydrogens is 170 g/mol. The molecule has 1 rings (SSSR count). The van der Waals surface area contributed by atoms with Gasteiger partial charge in [-0.05, 0) is 12.8 Å². The molecule has 4 heteroatoms. The first-order valence-corrected chi connectivity index (χ1v) is 4.89. The molecule has 13 heavy (non-hydrogen) atoms. The molecule has 0 amide bonds. The summed E-state index contributed by atoms with van der Waals surface area (Å²) in [5, 5.41) is 19.2. The highest BCUT2D eigenvalue weighted by Crippen LogP contribution is 2.12. The number of aliphatic hydroxyl groups is 1. The van der Waals surface area contributed by atoms with Gasteiger partial charge in [-0.2, -0.15) is 0 Å². The van der Waals surface area contributed by atoms with Crippen LogP contribution in [-0.4, -0.2) is 55.6 Å². The molecule has 0 bridgehead atoms. The van der Waals surface area contributed by atoms with Crippen molar-refractivity contribution in [3.63, 3.8) is 0 Å². The lowest BCUT2D eigenvalue weighted by Crippen LogP contribution is -2.38. The Morgan fingerprint density at radius 3 is 2.85 bits per heavy atom. The molecule has 0 saturated carbocycles. The predicted octanol–water partition coefficient (Wildman–Crippen LogP) is -0.110. The number of aliphatic hydroxyl groups excluding tert-OH is 1. The third-order valence-electron chi connectivity index (χ3n) is 2.40. The third-order valence-corrected chi connectivity index (χ3v) is 2.40. The monoisotopic (exact) mass is 188 g/mol. The Hall–Kier alpha value is -0.160. The van der Waals surface area contributed by atoms with Crippen molar-refractivity contribution in [1.29, 1.82) is 0 Å². The van der Waals surface area contributed by atoms with Crippen molar-refractivity contribution in [1.82, 2.24) is 4.90 Å². The molecule has 1 aliphatic rings. The number of rotatable bonds is 6. The van der Waals surface area contributed by atoms with Crippen LogP contribution in [0.3, 0.4) is 0 Å². The summed E-state index contributed by atoms with van der Waals surface area (Å²) in [5.41, 5.74) is 0. The lowest BCUT2D eigenvalue weighted by Gasteiger charge is -2.26. The predicted molar refractivity (Wildman–Crippen MR) is 48.1 cm³/mol. The van der Waals surface area contributed by atoms with Gasteiger partial charge in [0.2, 0.25) is 0 Å². The van der Waals surface area contributed by atoms with Gasteiger partial charge < -0.3 is 9.84 Å². The van der Waals surface area contributed by atoms with Crippen molar-refractivity contribution in [2.75, 3.05) is 39.5 Å². The van der Waals surface area contributed by atoms with E-state index >= 15 is 0 Å². The zero-order valence-electron chi connectivity index (χ0n) is 7.95. The summed E-state index contributed by atoms with van der Waals surface area (Å²) < 4.78 is 5.26. The quantitative estimate of drug-likeness (QED) is 0.632. The second-order valence-corrected chi connectivity index (χ2v) is 3.33. The van der Waals surface area contributed by atoms with Gasteiger partial charge in [0, 0.05) is 25.7 Å². The van der Waals surface area contributed by atoms with E-state index in [0.29, 0.717) is 19.0 Å². The van der Waals surface area contributed by atoms with Gasteiger partial charge in [0.05, 0.1) is 19.8 Å². The van der Waals surface area contributed by atoms with Crippen molar-refractivity contribution in [2.45, 2.75) is 18.9 Å². The molecule has 1 heterocycles. The van der Waals surface area contributed by atoms with Crippen molar-refractivity contribution in [3.8, 4) is 0 Å². The summed E-state index contributed by atoms with van der Waals surface area (Å²) in [6.45, 7) is 3.14. The molecule has 1 aliphatic heterocycles. The highest BCUT2D eigenvalue weighted by molar-refractivity contribution is 4.75. The summed E-state index contributed by atoms with van der Waals surface area (Å²) in [4.78, 5) is 2.16. The fourth-order valence-electron chi connectivity index (χ4n) is 1.68. The molecule has 1 fully saturated rings. The first-order valence-electron chi connectivity index (χ1n) is 4.89. The number of hydrogen-bond donors (Lipinski definition) is 1. The van der Waals surface area contributed by atoms with Gasteiger partial charge >= 0.3 is 0 Å². The maximum Gasteiger partial charge on any atom is 0.0834 e. The second-order valence-electron chi connectivity index (χ2n) is 3.33. The van der Waals surface area contributed by atoms with E-state index in [4.69, 9.17) is 9.84 Å². The molecule has 0 aromatic carbocycles. The summed E-state index contributed by atoms with van der Waals surface area (Å²) in [6.07, 6.45) is 1.69. The Morgan fingerprint density at radius 1 is 1.46 bits per heavy atom. The highest BCUT2D eigenvalue weighted by Gasteiger charge is 2.22. The minimum Gasteiger partial charge on any atom is -0.395 e. The summed E-state index contributed by atoms with van der Waals surface area (Å²) >= 11 is 0. The Bertz CT molecular complexity index is 126. The lowest BCUT2D eigenvalue weighted by molar-refractivity contribution is 0.107. The van der Waals surface area contributed by atoms with E-state index in [2.05, 4.69) is 4.90 Å². The van der Waals surface area contributed by atoms with Crippen molar-refractivity contribution >= 4 is 0 Å². The third kappa shape index (κ3) is 3.60. The van der Waals surface area contributed by atoms with Crippen LogP contribution in [0.25, 0.3) is 0 Å². The Morgan fingerprint density at radius 2 is 2.31 bits per heavy atom. The fourth-order valence-corrected chi connectivity index (χ4v) is 1.68.